The molecule has 0 unspecified atom stereocenters. The number of carbonyl (C=O) groups excluding carboxylic acids is 2. The first kappa shape index (κ1) is 22.6. The van der Waals surface area contributed by atoms with Gasteiger partial charge in [0.2, 0.25) is 5.78 Å². The first-order valence-electron chi connectivity index (χ1n) is 10.7. The molecule has 0 radical (unpaired) electrons. The van der Waals surface area contributed by atoms with E-state index in [9.17, 15) is 14.7 Å². The Morgan fingerprint density at radius 3 is 2.42 bits per heavy atom. The largest absolute Gasteiger partial charge is 0.503 e. The van der Waals surface area contributed by atoms with E-state index in [2.05, 4.69) is 18.7 Å². The lowest BCUT2D eigenvalue weighted by molar-refractivity contribution is -0.129. The Labute approximate surface area is 182 Å². The van der Waals surface area contributed by atoms with Crippen LogP contribution < -0.4 is 4.74 Å². The number of furan rings is 1. The third kappa shape index (κ3) is 4.82. The molecule has 3 rings (SSSR count). The molecule has 1 atom stereocenters. The van der Waals surface area contributed by atoms with Gasteiger partial charge in [-0.05, 0) is 56.8 Å². The molecule has 7 nitrogen and oxygen atoms in total. The van der Waals surface area contributed by atoms with Gasteiger partial charge < -0.3 is 24.1 Å². The highest BCUT2D eigenvalue weighted by Crippen LogP contribution is 2.39. The molecule has 2 heterocycles. The van der Waals surface area contributed by atoms with Crippen molar-refractivity contribution in [2.45, 2.75) is 39.8 Å². The number of nitrogens with zero attached hydrogens (tertiary/aromatic N) is 2. The predicted molar refractivity (Wildman–Crippen MR) is 117 cm³/mol. The van der Waals surface area contributed by atoms with Crippen molar-refractivity contribution in [1.82, 2.24) is 9.80 Å². The second kappa shape index (κ2) is 9.83. The molecule has 0 fully saturated rings. The smallest absolute Gasteiger partial charge is 0.290 e. The topological polar surface area (TPSA) is 83.2 Å². The van der Waals surface area contributed by atoms with E-state index in [1.165, 1.54) is 12.3 Å². The zero-order valence-electron chi connectivity index (χ0n) is 18.5. The minimum absolute atomic E-state index is 0.0320. The Bertz CT molecular complexity index is 927. The summed E-state index contributed by atoms with van der Waals surface area (Å²) in [5.74, 6) is -0.772. The highest BCUT2D eigenvalue weighted by molar-refractivity contribution is 6.15. The fourth-order valence-electron chi connectivity index (χ4n) is 3.79. The van der Waals surface area contributed by atoms with Gasteiger partial charge in [-0.2, -0.15) is 0 Å². The summed E-state index contributed by atoms with van der Waals surface area (Å²) < 4.78 is 11.0. The Balaban J connectivity index is 1.97. The van der Waals surface area contributed by atoms with E-state index in [1.54, 1.807) is 11.0 Å². The summed E-state index contributed by atoms with van der Waals surface area (Å²) >= 11 is 0. The fourth-order valence-corrected chi connectivity index (χ4v) is 3.79. The lowest BCUT2D eigenvalue weighted by atomic mass is 9.95. The van der Waals surface area contributed by atoms with Gasteiger partial charge in [-0.3, -0.25) is 9.59 Å². The summed E-state index contributed by atoms with van der Waals surface area (Å²) in [4.78, 5) is 29.8. The molecular weight excluding hydrogens is 396 g/mol. The normalized spacial score (nSPS) is 16.6. The van der Waals surface area contributed by atoms with Crippen molar-refractivity contribution in [2.24, 2.45) is 0 Å². The number of rotatable bonds is 10. The molecule has 2 aromatic rings. The van der Waals surface area contributed by atoms with Crippen LogP contribution in [-0.4, -0.2) is 58.9 Å². The van der Waals surface area contributed by atoms with Gasteiger partial charge in [0.05, 0.1) is 24.0 Å². The lowest BCUT2D eigenvalue weighted by Gasteiger charge is -2.29. The maximum Gasteiger partial charge on any atom is 0.290 e. The molecule has 1 amide bonds. The first-order chi connectivity index (χ1) is 14.9. The summed E-state index contributed by atoms with van der Waals surface area (Å²) in [6.07, 6.45) is 1.43. The van der Waals surface area contributed by atoms with Gasteiger partial charge in [0.25, 0.3) is 5.91 Å². The van der Waals surface area contributed by atoms with E-state index >= 15 is 0 Å². The van der Waals surface area contributed by atoms with Crippen LogP contribution in [0.3, 0.4) is 0 Å². The van der Waals surface area contributed by atoms with Crippen LogP contribution in [0.15, 0.2) is 58.4 Å². The molecule has 7 heteroatoms. The zero-order valence-corrected chi connectivity index (χ0v) is 18.5. The van der Waals surface area contributed by atoms with E-state index in [1.807, 2.05) is 38.1 Å². The number of likely N-dealkylation sites (N-methyl/N-ethyl adjacent to an activating group) is 1. The minimum Gasteiger partial charge on any atom is -0.503 e. The molecule has 31 heavy (non-hydrogen) atoms. The van der Waals surface area contributed by atoms with Crippen LogP contribution in [-0.2, 0) is 4.79 Å². The van der Waals surface area contributed by atoms with Crippen molar-refractivity contribution in [3.8, 4) is 5.75 Å². The number of aliphatic hydroxyl groups is 1. The van der Waals surface area contributed by atoms with Gasteiger partial charge in [-0.15, -0.1) is 0 Å². The molecule has 0 saturated carbocycles. The fraction of sp³-hybridized carbons (Fsp3) is 0.417. The standard InChI is InChI=1S/C24H30N2O5/c1-5-25(6-2)13-14-26-21(17-9-11-18(12-10-17)31-16(3)4)20(23(28)24(26)29)22(27)19-8-7-15-30-19/h7-12,15-16,21,28H,5-6,13-14H2,1-4H3/t21-/m1/s1. The van der Waals surface area contributed by atoms with Crippen LogP contribution >= 0.6 is 0 Å². The quantitative estimate of drug-likeness (QED) is 0.579. The van der Waals surface area contributed by atoms with E-state index in [4.69, 9.17) is 9.15 Å². The third-order valence-electron chi connectivity index (χ3n) is 5.41. The van der Waals surface area contributed by atoms with E-state index in [-0.39, 0.29) is 17.4 Å². The summed E-state index contributed by atoms with van der Waals surface area (Å²) in [7, 11) is 0. The van der Waals surface area contributed by atoms with Gasteiger partial charge in [-0.25, -0.2) is 0 Å². The monoisotopic (exact) mass is 426 g/mol. The van der Waals surface area contributed by atoms with Crippen LogP contribution in [0, 0.1) is 0 Å². The van der Waals surface area contributed by atoms with Crippen LogP contribution in [0.4, 0.5) is 0 Å². The van der Waals surface area contributed by atoms with Crippen LogP contribution in [0.5, 0.6) is 5.75 Å². The summed E-state index contributed by atoms with van der Waals surface area (Å²) in [6.45, 7) is 10.7. The average molecular weight is 427 g/mol. The van der Waals surface area contributed by atoms with Crippen molar-refractivity contribution in [2.75, 3.05) is 26.2 Å². The molecule has 0 saturated heterocycles. The molecular formula is C24H30N2O5. The molecule has 0 aliphatic carbocycles. The minimum atomic E-state index is -0.700. The van der Waals surface area contributed by atoms with E-state index in [0.717, 1.165) is 18.7 Å². The Morgan fingerprint density at radius 2 is 1.87 bits per heavy atom. The molecule has 1 aliphatic rings. The number of hydrogen-bond acceptors (Lipinski definition) is 6. The highest BCUT2D eigenvalue weighted by atomic mass is 16.5. The maximum atomic E-state index is 13.1. The number of carbonyl (C=O) groups is 2. The maximum absolute atomic E-state index is 13.1. The Morgan fingerprint density at radius 1 is 1.19 bits per heavy atom. The zero-order chi connectivity index (χ0) is 22.5. The SMILES string of the molecule is CCN(CC)CCN1C(=O)C(O)=C(C(=O)c2ccco2)[C@H]1c1ccc(OC(C)C)cc1. The van der Waals surface area contributed by atoms with Crippen LogP contribution in [0.1, 0.15) is 49.9 Å². The summed E-state index contributed by atoms with van der Waals surface area (Å²) in [5, 5.41) is 10.7. The summed E-state index contributed by atoms with van der Waals surface area (Å²) in [6, 6.07) is 9.71. The number of ketones is 1. The number of aliphatic hydroxyl groups excluding tert-OH is 1. The van der Waals surface area contributed by atoms with Crippen molar-refractivity contribution >= 4 is 11.7 Å². The van der Waals surface area contributed by atoms with E-state index in [0.29, 0.717) is 18.8 Å². The van der Waals surface area contributed by atoms with Gasteiger partial charge in [0, 0.05) is 13.1 Å². The molecule has 1 aliphatic heterocycles. The van der Waals surface area contributed by atoms with Crippen molar-refractivity contribution in [1.29, 1.82) is 0 Å². The second-order valence-electron chi connectivity index (χ2n) is 7.73. The average Bonchev–Trinajstić information content (AvgIpc) is 3.37. The van der Waals surface area contributed by atoms with Crippen molar-refractivity contribution in [3.63, 3.8) is 0 Å². The first-order valence-corrected chi connectivity index (χ1v) is 10.7. The van der Waals surface area contributed by atoms with E-state index < -0.39 is 23.5 Å². The highest BCUT2D eigenvalue weighted by Gasteiger charge is 2.44. The van der Waals surface area contributed by atoms with Gasteiger partial charge >= 0.3 is 0 Å². The number of ether oxygens (including phenoxy) is 1. The van der Waals surface area contributed by atoms with Gasteiger partial charge in [0.1, 0.15) is 5.75 Å². The molecule has 166 valence electrons. The molecule has 1 aromatic heterocycles. The third-order valence-corrected chi connectivity index (χ3v) is 5.41. The molecule has 1 N–H and O–H groups in total. The molecule has 0 spiro atoms. The summed E-state index contributed by atoms with van der Waals surface area (Å²) in [5.41, 5.74) is 0.764. The second-order valence-corrected chi connectivity index (χ2v) is 7.73. The Kier molecular flexibility index (Phi) is 7.17. The van der Waals surface area contributed by atoms with Gasteiger partial charge in [0.15, 0.2) is 11.5 Å². The lowest BCUT2D eigenvalue weighted by Crippen LogP contribution is -2.38. The van der Waals surface area contributed by atoms with Crippen molar-refractivity contribution < 1.29 is 23.8 Å². The number of amides is 1. The van der Waals surface area contributed by atoms with Gasteiger partial charge in [-0.1, -0.05) is 26.0 Å². The van der Waals surface area contributed by atoms with Crippen LogP contribution in [0.2, 0.25) is 0 Å². The molecule has 1 aromatic carbocycles. The Hall–Kier alpha value is -3.06. The number of hydrogen-bond donors (Lipinski definition) is 1. The predicted octanol–water partition coefficient (Wildman–Crippen LogP) is 3.99. The van der Waals surface area contributed by atoms with Crippen molar-refractivity contribution in [3.05, 3.63) is 65.3 Å². The molecule has 0 bridgehead atoms. The number of Topliss-reactive ketones (excluding diaryl/α,β-unsaturated/α-hetero) is 1. The number of benzene rings is 1. The van der Waals surface area contributed by atoms with Crippen LogP contribution in [0.25, 0.3) is 0 Å².